The van der Waals surface area contributed by atoms with Crippen LogP contribution < -0.4 is 0 Å². The zero-order valence-corrected chi connectivity index (χ0v) is 7.03. The molecule has 1 aliphatic carbocycles. The Morgan fingerprint density at radius 2 is 1.50 bits per heavy atom. The Morgan fingerprint density at radius 1 is 1.00 bits per heavy atom. The predicted molar refractivity (Wildman–Crippen MR) is 43.3 cm³/mol. The Balaban J connectivity index is 2.04. The Kier molecular flexibility index (Phi) is 1.81. The van der Waals surface area contributed by atoms with Gasteiger partial charge in [-0.15, -0.1) is 0 Å². The first-order valence-electron chi connectivity index (χ1n) is 4.21. The molecule has 2 aliphatic rings. The molecule has 10 heavy (non-hydrogen) atoms. The number of hydrogen-bond acceptors (Lipinski definition) is 1. The van der Waals surface area contributed by atoms with Crippen LogP contribution in [0.15, 0.2) is 0 Å². The summed E-state index contributed by atoms with van der Waals surface area (Å²) in [5, 5.41) is 0. The first-order chi connectivity index (χ1) is 4.86. The van der Waals surface area contributed by atoms with Crippen LogP contribution in [0.4, 0.5) is 0 Å². The SMILES string of the molecule is O=S1C[C@H]2CCCC[C@@H]2C1. The molecular weight excluding hydrogens is 144 g/mol. The number of hydrogen-bond donors (Lipinski definition) is 0. The van der Waals surface area contributed by atoms with Crippen LogP contribution in [0.5, 0.6) is 0 Å². The second-order valence-corrected chi connectivity index (χ2v) is 5.12. The van der Waals surface area contributed by atoms with Crippen molar-refractivity contribution in [1.82, 2.24) is 0 Å². The van der Waals surface area contributed by atoms with E-state index in [1.807, 2.05) is 0 Å². The molecular formula is C8H14OS. The van der Waals surface area contributed by atoms with E-state index in [1.54, 1.807) is 0 Å². The van der Waals surface area contributed by atoms with E-state index in [9.17, 15) is 4.21 Å². The second kappa shape index (κ2) is 2.65. The molecule has 0 N–H and O–H groups in total. The molecule has 2 rings (SSSR count). The van der Waals surface area contributed by atoms with E-state index in [0.717, 1.165) is 23.3 Å². The van der Waals surface area contributed by atoms with Crippen molar-refractivity contribution in [3.05, 3.63) is 0 Å². The standard InChI is InChI=1S/C8H14OS/c9-10-5-7-3-1-2-4-8(7)6-10/h7-8H,1-6H2/t7-,8-/m1/s1. The summed E-state index contributed by atoms with van der Waals surface area (Å²) in [7, 11) is -0.443. The summed E-state index contributed by atoms with van der Waals surface area (Å²) in [6.45, 7) is 0. The molecule has 1 aliphatic heterocycles. The summed E-state index contributed by atoms with van der Waals surface area (Å²) < 4.78 is 11.1. The van der Waals surface area contributed by atoms with Gasteiger partial charge in [0, 0.05) is 22.3 Å². The van der Waals surface area contributed by atoms with Gasteiger partial charge in [-0.3, -0.25) is 4.21 Å². The van der Waals surface area contributed by atoms with Crippen molar-refractivity contribution in [3.8, 4) is 0 Å². The minimum atomic E-state index is -0.443. The first kappa shape index (κ1) is 6.84. The molecule has 0 radical (unpaired) electrons. The van der Waals surface area contributed by atoms with Crippen LogP contribution >= 0.6 is 0 Å². The quantitative estimate of drug-likeness (QED) is 0.523. The van der Waals surface area contributed by atoms with Gasteiger partial charge in [0.2, 0.25) is 0 Å². The zero-order chi connectivity index (χ0) is 6.97. The highest BCUT2D eigenvalue weighted by molar-refractivity contribution is 7.85. The van der Waals surface area contributed by atoms with E-state index in [2.05, 4.69) is 0 Å². The third kappa shape index (κ3) is 1.14. The van der Waals surface area contributed by atoms with Gasteiger partial charge in [0.15, 0.2) is 0 Å². The minimum Gasteiger partial charge on any atom is -0.260 e. The second-order valence-electron chi connectivity index (χ2n) is 3.58. The smallest absolute Gasteiger partial charge is 0.0266 e. The van der Waals surface area contributed by atoms with Gasteiger partial charge in [-0.2, -0.15) is 0 Å². The van der Waals surface area contributed by atoms with Crippen LogP contribution in [0, 0.1) is 11.8 Å². The molecule has 2 heteroatoms. The van der Waals surface area contributed by atoms with Crippen LogP contribution in [0.3, 0.4) is 0 Å². The van der Waals surface area contributed by atoms with Crippen molar-refractivity contribution in [3.63, 3.8) is 0 Å². The van der Waals surface area contributed by atoms with Gasteiger partial charge in [0.05, 0.1) is 0 Å². The topological polar surface area (TPSA) is 17.1 Å². The summed E-state index contributed by atoms with van der Waals surface area (Å²) in [6, 6.07) is 0. The van der Waals surface area contributed by atoms with E-state index < -0.39 is 10.8 Å². The molecule has 1 saturated carbocycles. The Morgan fingerprint density at radius 3 is 2.00 bits per heavy atom. The fourth-order valence-electron chi connectivity index (χ4n) is 2.27. The average Bonchev–Trinajstić information content (AvgIpc) is 2.27. The highest BCUT2D eigenvalue weighted by Crippen LogP contribution is 2.35. The largest absolute Gasteiger partial charge is 0.260 e. The van der Waals surface area contributed by atoms with E-state index in [-0.39, 0.29) is 0 Å². The molecule has 58 valence electrons. The molecule has 2 atom stereocenters. The third-order valence-electron chi connectivity index (χ3n) is 2.87. The lowest BCUT2D eigenvalue weighted by Crippen LogP contribution is -2.16. The molecule has 0 amide bonds. The molecule has 0 aromatic rings. The van der Waals surface area contributed by atoms with Crippen molar-refractivity contribution in [2.45, 2.75) is 25.7 Å². The van der Waals surface area contributed by atoms with Gasteiger partial charge in [0.1, 0.15) is 0 Å². The Labute approximate surface area is 64.7 Å². The third-order valence-corrected chi connectivity index (χ3v) is 4.47. The van der Waals surface area contributed by atoms with Gasteiger partial charge in [-0.05, 0) is 24.7 Å². The van der Waals surface area contributed by atoms with Crippen LogP contribution in [0.25, 0.3) is 0 Å². The Bertz CT molecular complexity index is 139. The zero-order valence-electron chi connectivity index (χ0n) is 6.21. The molecule has 2 fully saturated rings. The molecule has 1 heterocycles. The lowest BCUT2D eigenvalue weighted by atomic mass is 9.82. The summed E-state index contributed by atoms with van der Waals surface area (Å²) >= 11 is 0. The summed E-state index contributed by atoms with van der Waals surface area (Å²) in [5.41, 5.74) is 0. The average molecular weight is 158 g/mol. The van der Waals surface area contributed by atoms with E-state index in [0.29, 0.717) is 0 Å². The summed E-state index contributed by atoms with van der Waals surface area (Å²) in [5.74, 6) is 3.72. The molecule has 0 aromatic heterocycles. The Hall–Kier alpha value is 0.150. The molecule has 0 bridgehead atoms. The van der Waals surface area contributed by atoms with E-state index in [1.165, 1.54) is 25.7 Å². The van der Waals surface area contributed by atoms with Gasteiger partial charge in [0.25, 0.3) is 0 Å². The summed E-state index contributed by atoms with van der Waals surface area (Å²) in [4.78, 5) is 0. The molecule has 0 spiro atoms. The van der Waals surface area contributed by atoms with Crippen LogP contribution in [-0.2, 0) is 10.8 Å². The van der Waals surface area contributed by atoms with Crippen LogP contribution in [0.2, 0.25) is 0 Å². The predicted octanol–water partition coefficient (Wildman–Crippen LogP) is 1.56. The molecule has 1 saturated heterocycles. The van der Waals surface area contributed by atoms with Crippen molar-refractivity contribution in [2.75, 3.05) is 11.5 Å². The maximum atomic E-state index is 11.1. The maximum Gasteiger partial charge on any atom is 0.0266 e. The highest BCUT2D eigenvalue weighted by atomic mass is 32.2. The first-order valence-corrected chi connectivity index (χ1v) is 5.70. The van der Waals surface area contributed by atoms with Crippen LogP contribution in [-0.4, -0.2) is 15.7 Å². The van der Waals surface area contributed by atoms with Gasteiger partial charge in [-0.1, -0.05) is 12.8 Å². The van der Waals surface area contributed by atoms with E-state index in [4.69, 9.17) is 0 Å². The fourth-order valence-corrected chi connectivity index (χ4v) is 4.24. The maximum absolute atomic E-state index is 11.1. The molecule has 1 nitrogen and oxygen atoms in total. The van der Waals surface area contributed by atoms with E-state index >= 15 is 0 Å². The van der Waals surface area contributed by atoms with Gasteiger partial charge < -0.3 is 0 Å². The lowest BCUT2D eigenvalue weighted by Gasteiger charge is -2.22. The van der Waals surface area contributed by atoms with Crippen LogP contribution in [0.1, 0.15) is 25.7 Å². The number of rotatable bonds is 0. The minimum absolute atomic E-state index is 0.443. The van der Waals surface area contributed by atoms with Crippen molar-refractivity contribution in [2.24, 2.45) is 11.8 Å². The summed E-state index contributed by atoms with van der Waals surface area (Å²) in [6.07, 6.45) is 5.49. The molecule has 0 aromatic carbocycles. The fraction of sp³-hybridized carbons (Fsp3) is 1.00. The van der Waals surface area contributed by atoms with Crippen molar-refractivity contribution in [1.29, 1.82) is 0 Å². The monoisotopic (exact) mass is 158 g/mol. The van der Waals surface area contributed by atoms with Crippen molar-refractivity contribution >= 4 is 10.8 Å². The van der Waals surface area contributed by atoms with Gasteiger partial charge in [-0.25, -0.2) is 0 Å². The molecule has 0 unspecified atom stereocenters. The van der Waals surface area contributed by atoms with Crippen molar-refractivity contribution < 1.29 is 4.21 Å². The van der Waals surface area contributed by atoms with Gasteiger partial charge >= 0.3 is 0 Å². The normalized spacial score (nSPS) is 41.6. The lowest BCUT2D eigenvalue weighted by molar-refractivity contribution is 0.299. The number of fused-ring (bicyclic) bond motifs is 1. The highest BCUT2D eigenvalue weighted by Gasteiger charge is 2.33.